The van der Waals surface area contributed by atoms with E-state index < -0.39 is 11.7 Å². The highest BCUT2D eigenvalue weighted by atomic mass is 35.5. The number of unbranched alkanes of at least 4 members (excludes halogenated alkanes) is 1. The molecule has 0 radical (unpaired) electrons. The summed E-state index contributed by atoms with van der Waals surface area (Å²) in [7, 11) is 2.01. The zero-order valence-electron chi connectivity index (χ0n) is 20.8. The summed E-state index contributed by atoms with van der Waals surface area (Å²) in [5.74, 6) is 1.24. The van der Waals surface area contributed by atoms with E-state index in [4.69, 9.17) is 21.6 Å². The fraction of sp³-hybridized carbons (Fsp3) is 0.321. The lowest BCUT2D eigenvalue weighted by Gasteiger charge is -2.17. The third kappa shape index (κ3) is 6.76. The maximum atomic E-state index is 13.6. The lowest BCUT2D eigenvalue weighted by molar-refractivity contribution is -0.137. The minimum atomic E-state index is -4.51. The van der Waals surface area contributed by atoms with Crippen molar-refractivity contribution >= 4 is 28.3 Å². The Labute approximate surface area is 219 Å². The van der Waals surface area contributed by atoms with Crippen LogP contribution in [0.3, 0.4) is 0 Å². The van der Waals surface area contributed by atoms with Crippen molar-refractivity contribution in [1.29, 1.82) is 0 Å². The van der Waals surface area contributed by atoms with Gasteiger partial charge in [-0.3, -0.25) is 9.88 Å². The van der Waals surface area contributed by atoms with Crippen LogP contribution in [0.2, 0.25) is 5.02 Å². The standard InChI is InChI=1S/C28H29ClF3N5/c1-3-4-16-37(2)18-25-35-24-17-20(26-22(28(30,31)32)9-7-14-33-26)11-12-21(24)27(36-25)34-15-13-19-8-5-6-10-23(19)29/h5-12,14,17H,3-4,13,15-16,18H2,1-2H3,(H,34,35,36). The van der Waals surface area contributed by atoms with E-state index in [1.165, 1.54) is 12.3 Å². The molecular formula is C28H29ClF3N5. The molecule has 5 nitrogen and oxygen atoms in total. The van der Waals surface area contributed by atoms with E-state index in [0.717, 1.165) is 36.4 Å². The van der Waals surface area contributed by atoms with Crippen molar-refractivity contribution in [3.8, 4) is 11.3 Å². The Morgan fingerprint density at radius 2 is 1.84 bits per heavy atom. The predicted molar refractivity (Wildman–Crippen MR) is 143 cm³/mol. The maximum Gasteiger partial charge on any atom is 0.418 e. The molecular weight excluding hydrogens is 499 g/mol. The van der Waals surface area contributed by atoms with Crippen LogP contribution < -0.4 is 5.32 Å². The molecule has 0 aliphatic carbocycles. The van der Waals surface area contributed by atoms with Crippen LogP contribution in [0.15, 0.2) is 60.8 Å². The average molecular weight is 528 g/mol. The molecule has 0 saturated heterocycles. The zero-order valence-corrected chi connectivity index (χ0v) is 21.6. The minimum absolute atomic E-state index is 0.120. The molecule has 9 heteroatoms. The van der Waals surface area contributed by atoms with Gasteiger partial charge in [-0.25, -0.2) is 9.97 Å². The van der Waals surface area contributed by atoms with Gasteiger partial charge < -0.3 is 5.32 Å². The lowest BCUT2D eigenvalue weighted by atomic mass is 10.0. The second-order valence-corrected chi connectivity index (χ2v) is 9.38. The smallest absolute Gasteiger partial charge is 0.369 e. The van der Waals surface area contributed by atoms with Gasteiger partial charge in [-0.15, -0.1) is 0 Å². The van der Waals surface area contributed by atoms with Crippen molar-refractivity contribution in [2.45, 2.75) is 38.9 Å². The van der Waals surface area contributed by atoms with Gasteiger partial charge in [-0.2, -0.15) is 13.2 Å². The Morgan fingerprint density at radius 1 is 1.03 bits per heavy atom. The molecule has 194 valence electrons. The summed E-state index contributed by atoms with van der Waals surface area (Å²) in [5, 5.41) is 4.82. The summed E-state index contributed by atoms with van der Waals surface area (Å²) in [6, 6.07) is 15.1. The van der Waals surface area contributed by atoms with Gasteiger partial charge in [0.25, 0.3) is 0 Å². The van der Waals surface area contributed by atoms with Crippen LogP contribution in [-0.2, 0) is 19.1 Å². The van der Waals surface area contributed by atoms with E-state index >= 15 is 0 Å². The summed E-state index contributed by atoms with van der Waals surface area (Å²) in [6.07, 6.45) is -0.324. The van der Waals surface area contributed by atoms with Crippen molar-refractivity contribution < 1.29 is 13.2 Å². The summed E-state index contributed by atoms with van der Waals surface area (Å²) >= 11 is 6.30. The molecule has 0 saturated carbocycles. The first-order valence-electron chi connectivity index (χ1n) is 12.3. The van der Waals surface area contributed by atoms with Gasteiger partial charge in [0.15, 0.2) is 0 Å². The number of pyridine rings is 1. The highest BCUT2D eigenvalue weighted by molar-refractivity contribution is 6.31. The molecule has 4 rings (SSSR count). The number of anilines is 1. The second kappa shape index (κ2) is 11.9. The molecule has 2 heterocycles. The molecule has 0 amide bonds. The van der Waals surface area contributed by atoms with E-state index in [1.807, 2.05) is 31.3 Å². The predicted octanol–water partition coefficient (Wildman–Crippen LogP) is 7.25. The van der Waals surface area contributed by atoms with E-state index in [-0.39, 0.29) is 5.69 Å². The Hall–Kier alpha value is -3.23. The summed E-state index contributed by atoms with van der Waals surface area (Å²) in [5.41, 5.74) is 1.04. The maximum absolute atomic E-state index is 13.6. The van der Waals surface area contributed by atoms with Gasteiger partial charge in [0.05, 0.1) is 23.3 Å². The van der Waals surface area contributed by atoms with Gasteiger partial charge in [0.1, 0.15) is 11.6 Å². The van der Waals surface area contributed by atoms with Gasteiger partial charge in [-0.05, 0) is 62.3 Å². The number of aromatic nitrogens is 3. The van der Waals surface area contributed by atoms with Crippen LogP contribution in [0.5, 0.6) is 0 Å². The molecule has 0 bridgehead atoms. The van der Waals surface area contributed by atoms with Crippen molar-refractivity contribution in [3.05, 3.63) is 82.8 Å². The third-order valence-electron chi connectivity index (χ3n) is 6.08. The Bertz CT molecular complexity index is 1360. The van der Waals surface area contributed by atoms with E-state index in [1.54, 1.807) is 18.2 Å². The Kier molecular flexibility index (Phi) is 8.61. The van der Waals surface area contributed by atoms with Gasteiger partial charge >= 0.3 is 6.18 Å². The minimum Gasteiger partial charge on any atom is -0.369 e. The molecule has 0 atom stereocenters. The molecule has 2 aromatic heterocycles. The highest BCUT2D eigenvalue weighted by Crippen LogP contribution is 2.36. The van der Waals surface area contributed by atoms with Gasteiger partial charge in [0, 0.05) is 28.7 Å². The first-order valence-corrected chi connectivity index (χ1v) is 12.6. The van der Waals surface area contributed by atoms with Crippen LogP contribution in [0.25, 0.3) is 22.2 Å². The zero-order chi connectivity index (χ0) is 26.4. The van der Waals surface area contributed by atoms with Crippen LogP contribution in [-0.4, -0.2) is 40.0 Å². The number of fused-ring (bicyclic) bond motifs is 1. The molecule has 0 fully saturated rings. The SMILES string of the molecule is CCCCN(C)Cc1nc(NCCc2ccccc2Cl)c2ccc(-c3ncccc3C(F)(F)F)cc2n1. The van der Waals surface area contributed by atoms with Crippen molar-refractivity contribution in [2.24, 2.45) is 0 Å². The first kappa shape index (κ1) is 26.8. The summed E-state index contributed by atoms with van der Waals surface area (Å²) < 4.78 is 40.9. The molecule has 4 aromatic rings. The Balaban J connectivity index is 1.70. The summed E-state index contributed by atoms with van der Waals surface area (Å²) in [4.78, 5) is 15.7. The highest BCUT2D eigenvalue weighted by Gasteiger charge is 2.34. The third-order valence-corrected chi connectivity index (χ3v) is 6.45. The topological polar surface area (TPSA) is 53.9 Å². The molecule has 0 unspecified atom stereocenters. The molecule has 0 aliphatic rings. The van der Waals surface area contributed by atoms with Crippen molar-refractivity contribution in [1.82, 2.24) is 19.9 Å². The lowest BCUT2D eigenvalue weighted by Crippen LogP contribution is -2.21. The van der Waals surface area contributed by atoms with Crippen molar-refractivity contribution in [3.63, 3.8) is 0 Å². The molecule has 37 heavy (non-hydrogen) atoms. The number of halogens is 4. The number of alkyl halides is 3. The average Bonchev–Trinajstić information content (AvgIpc) is 2.87. The van der Waals surface area contributed by atoms with Gasteiger partial charge in [-0.1, -0.05) is 49.2 Å². The first-order chi connectivity index (χ1) is 17.8. The number of rotatable bonds is 10. The number of nitrogens with one attached hydrogen (secondary N) is 1. The quantitative estimate of drug-likeness (QED) is 0.235. The van der Waals surface area contributed by atoms with Crippen LogP contribution in [0.1, 0.15) is 36.7 Å². The number of benzene rings is 2. The Morgan fingerprint density at radius 3 is 2.59 bits per heavy atom. The van der Waals surface area contributed by atoms with E-state index in [2.05, 4.69) is 22.1 Å². The fourth-order valence-corrected chi connectivity index (χ4v) is 4.39. The number of hydrogen-bond donors (Lipinski definition) is 1. The number of hydrogen-bond acceptors (Lipinski definition) is 5. The van der Waals surface area contributed by atoms with E-state index in [0.29, 0.717) is 47.3 Å². The summed E-state index contributed by atoms with van der Waals surface area (Å²) in [6.45, 7) is 4.14. The van der Waals surface area contributed by atoms with Crippen LogP contribution in [0.4, 0.5) is 19.0 Å². The molecule has 2 aromatic carbocycles. The monoisotopic (exact) mass is 527 g/mol. The molecule has 1 N–H and O–H groups in total. The van der Waals surface area contributed by atoms with E-state index in [9.17, 15) is 13.2 Å². The van der Waals surface area contributed by atoms with Crippen LogP contribution >= 0.6 is 11.6 Å². The normalized spacial score (nSPS) is 11.9. The largest absolute Gasteiger partial charge is 0.418 e. The molecule has 0 aliphatic heterocycles. The second-order valence-electron chi connectivity index (χ2n) is 8.98. The van der Waals surface area contributed by atoms with Gasteiger partial charge in [0.2, 0.25) is 0 Å². The molecule has 0 spiro atoms. The fourth-order valence-electron chi connectivity index (χ4n) is 4.16. The van der Waals surface area contributed by atoms with Crippen LogP contribution in [0, 0.1) is 0 Å². The van der Waals surface area contributed by atoms with Crippen molar-refractivity contribution in [2.75, 3.05) is 25.5 Å². The number of nitrogens with zero attached hydrogens (tertiary/aromatic N) is 4.